The van der Waals surface area contributed by atoms with E-state index in [1.54, 1.807) is 12.1 Å². The van der Waals surface area contributed by atoms with Crippen molar-refractivity contribution in [3.63, 3.8) is 0 Å². The molecule has 3 rings (SSSR count). The molecule has 7 nitrogen and oxygen atoms in total. The van der Waals surface area contributed by atoms with Crippen molar-refractivity contribution in [3.05, 3.63) is 41.5 Å². The number of aromatic nitrogens is 2. The highest BCUT2D eigenvalue weighted by Gasteiger charge is 2.32. The van der Waals surface area contributed by atoms with E-state index in [1.807, 2.05) is 6.92 Å². The van der Waals surface area contributed by atoms with Crippen LogP contribution in [0.3, 0.4) is 0 Å². The Morgan fingerprint density at radius 2 is 1.97 bits per heavy atom. The molecule has 1 aromatic carbocycles. The van der Waals surface area contributed by atoms with E-state index in [0.29, 0.717) is 37.0 Å². The number of sulfone groups is 1. The second kappa shape index (κ2) is 7.95. The molecule has 1 aliphatic heterocycles. The van der Waals surface area contributed by atoms with E-state index in [4.69, 9.17) is 0 Å². The number of rotatable bonds is 4. The first-order chi connectivity index (χ1) is 13.6. The van der Waals surface area contributed by atoms with Gasteiger partial charge in [0.2, 0.25) is 5.95 Å². The monoisotopic (exact) mass is 417 g/mol. The van der Waals surface area contributed by atoms with Gasteiger partial charge in [0.1, 0.15) is 22.5 Å². The molecule has 1 atom stereocenters. The zero-order valence-corrected chi connectivity index (χ0v) is 17.7. The maximum atomic E-state index is 14.0. The van der Waals surface area contributed by atoms with Gasteiger partial charge in [-0.3, -0.25) is 0 Å². The second-order valence-corrected chi connectivity index (χ2v) is 9.63. The van der Waals surface area contributed by atoms with Crippen LogP contribution >= 0.6 is 0 Å². The average Bonchev–Trinajstić information content (AvgIpc) is 2.66. The van der Waals surface area contributed by atoms with Crippen LogP contribution in [0.1, 0.15) is 25.2 Å². The van der Waals surface area contributed by atoms with Crippen molar-refractivity contribution in [3.8, 4) is 6.07 Å². The van der Waals surface area contributed by atoms with Crippen molar-refractivity contribution in [2.24, 2.45) is 5.92 Å². The summed E-state index contributed by atoms with van der Waals surface area (Å²) >= 11 is 0. The summed E-state index contributed by atoms with van der Waals surface area (Å²) in [7, 11) is -3.65. The summed E-state index contributed by atoms with van der Waals surface area (Å²) in [6.45, 7) is 7.81. The van der Waals surface area contributed by atoms with Gasteiger partial charge in [0.05, 0.1) is 6.04 Å². The molecule has 0 bridgehead atoms. The quantitative estimate of drug-likeness (QED) is 0.755. The fourth-order valence-corrected chi connectivity index (χ4v) is 4.33. The SMILES string of the molecule is Cc1cc(C#N)nc(N2CCN(c3ccc(F)c(S(C)(=O)=O)c3)C[C@H]2C(C)C)n1. The van der Waals surface area contributed by atoms with Crippen LogP contribution in [0.2, 0.25) is 0 Å². The minimum atomic E-state index is -3.65. The minimum Gasteiger partial charge on any atom is -0.368 e. The van der Waals surface area contributed by atoms with Crippen LogP contribution in [0.5, 0.6) is 0 Å². The highest BCUT2D eigenvalue weighted by Crippen LogP contribution is 2.28. The normalized spacial score (nSPS) is 17.5. The smallest absolute Gasteiger partial charge is 0.227 e. The van der Waals surface area contributed by atoms with Gasteiger partial charge in [-0.2, -0.15) is 5.26 Å². The molecule has 0 saturated carbocycles. The first-order valence-electron chi connectivity index (χ1n) is 9.37. The Morgan fingerprint density at radius 3 is 2.59 bits per heavy atom. The molecular weight excluding hydrogens is 393 g/mol. The molecule has 0 radical (unpaired) electrons. The number of anilines is 2. The molecule has 2 heterocycles. The van der Waals surface area contributed by atoms with Crippen LogP contribution in [0.15, 0.2) is 29.2 Å². The molecule has 0 spiro atoms. The summed E-state index contributed by atoms with van der Waals surface area (Å²) < 4.78 is 37.7. The highest BCUT2D eigenvalue weighted by atomic mass is 32.2. The number of hydrogen-bond donors (Lipinski definition) is 0. The summed E-state index contributed by atoms with van der Waals surface area (Å²) in [4.78, 5) is 12.7. The summed E-state index contributed by atoms with van der Waals surface area (Å²) in [6, 6.07) is 7.97. The van der Waals surface area contributed by atoms with E-state index < -0.39 is 15.7 Å². The fourth-order valence-electron chi connectivity index (χ4n) is 3.57. The van der Waals surface area contributed by atoms with Crippen LogP contribution in [-0.2, 0) is 9.84 Å². The Labute approximate surface area is 170 Å². The number of nitriles is 1. The van der Waals surface area contributed by atoms with Crippen LogP contribution in [0.25, 0.3) is 0 Å². The van der Waals surface area contributed by atoms with E-state index in [2.05, 4.69) is 39.7 Å². The topological polar surface area (TPSA) is 90.2 Å². The molecule has 154 valence electrons. The van der Waals surface area contributed by atoms with Crippen LogP contribution in [0, 0.1) is 30.0 Å². The Hall–Kier alpha value is -2.73. The molecule has 0 N–H and O–H groups in total. The first kappa shape index (κ1) is 21.0. The van der Waals surface area contributed by atoms with Gasteiger partial charge in [-0.05, 0) is 37.1 Å². The minimum absolute atomic E-state index is 0.0452. The average molecular weight is 418 g/mol. The van der Waals surface area contributed by atoms with E-state index in [-0.39, 0.29) is 16.9 Å². The summed E-state index contributed by atoms with van der Waals surface area (Å²) in [5.74, 6) is 0.0330. The predicted molar refractivity (Wildman–Crippen MR) is 109 cm³/mol. The van der Waals surface area contributed by atoms with E-state index in [0.717, 1.165) is 11.9 Å². The largest absolute Gasteiger partial charge is 0.368 e. The molecule has 9 heteroatoms. The Morgan fingerprint density at radius 1 is 1.24 bits per heavy atom. The van der Waals surface area contributed by atoms with Gasteiger partial charge in [0.25, 0.3) is 0 Å². The molecule has 1 saturated heterocycles. The van der Waals surface area contributed by atoms with Gasteiger partial charge >= 0.3 is 0 Å². The zero-order chi connectivity index (χ0) is 21.3. The number of benzene rings is 1. The predicted octanol–water partition coefficient (Wildman–Crippen LogP) is 2.55. The van der Waals surface area contributed by atoms with Crippen LogP contribution in [-0.4, -0.2) is 50.3 Å². The van der Waals surface area contributed by atoms with Crippen molar-refractivity contribution >= 4 is 21.5 Å². The van der Waals surface area contributed by atoms with Gasteiger partial charge in [-0.15, -0.1) is 0 Å². The Balaban J connectivity index is 1.92. The maximum Gasteiger partial charge on any atom is 0.227 e. The lowest BCUT2D eigenvalue weighted by molar-refractivity contribution is 0.413. The first-order valence-corrected chi connectivity index (χ1v) is 11.3. The van der Waals surface area contributed by atoms with Gasteiger partial charge in [-0.25, -0.2) is 22.8 Å². The van der Waals surface area contributed by atoms with Gasteiger partial charge < -0.3 is 9.80 Å². The van der Waals surface area contributed by atoms with Crippen molar-refractivity contribution < 1.29 is 12.8 Å². The molecular formula is C20H24FN5O2S. The number of hydrogen-bond acceptors (Lipinski definition) is 7. The van der Waals surface area contributed by atoms with Gasteiger partial charge in [-0.1, -0.05) is 13.8 Å². The van der Waals surface area contributed by atoms with Crippen molar-refractivity contribution in [2.75, 3.05) is 35.7 Å². The molecule has 0 unspecified atom stereocenters. The number of nitrogens with zero attached hydrogens (tertiary/aromatic N) is 5. The Bertz CT molecular complexity index is 1070. The summed E-state index contributed by atoms with van der Waals surface area (Å²) in [5, 5.41) is 9.22. The molecule has 0 aliphatic carbocycles. The van der Waals surface area contributed by atoms with Crippen molar-refractivity contribution in [1.82, 2.24) is 9.97 Å². The van der Waals surface area contributed by atoms with Crippen LogP contribution in [0.4, 0.5) is 16.0 Å². The molecule has 1 aromatic heterocycles. The zero-order valence-electron chi connectivity index (χ0n) is 16.9. The number of piperazine rings is 1. The molecule has 2 aromatic rings. The number of halogens is 1. The lowest BCUT2D eigenvalue weighted by atomic mass is 9.99. The molecule has 1 aliphatic rings. The van der Waals surface area contributed by atoms with Crippen LogP contribution < -0.4 is 9.80 Å². The lowest BCUT2D eigenvalue weighted by Crippen LogP contribution is -2.56. The van der Waals surface area contributed by atoms with E-state index in [1.165, 1.54) is 12.1 Å². The van der Waals surface area contributed by atoms with E-state index in [9.17, 15) is 18.1 Å². The fraction of sp³-hybridized carbons (Fsp3) is 0.450. The summed E-state index contributed by atoms with van der Waals surface area (Å²) in [5.41, 5.74) is 1.72. The van der Waals surface area contributed by atoms with Crippen molar-refractivity contribution in [1.29, 1.82) is 5.26 Å². The third kappa shape index (κ3) is 4.48. The van der Waals surface area contributed by atoms with Gasteiger partial charge in [0.15, 0.2) is 9.84 Å². The van der Waals surface area contributed by atoms with Crippen molar-refractivity contribution in [2.45, 2.75) is 31.7 Å². The lowest BCUT2D eigenvalue weighted by Gasteiger charge is -2.44. The third-order valence-corrected chi connectivity index (χ3v) is 6.19. The number of aryl methyl sites for hydroxylation is 1. The van der Waals surface area contributed by atoms with Gasteiger partial charge in [0, 0.05) is 37.3 Å². The standard InChI is InChI=1S/C20H24FN5O2S/c1-13(2)18-12-25(16-5-6-17(21)19(10-16)29(4,27)28)7-8-26(18)20-23-14(3)9-15(11-22)24-20/h5-6,9-10,13,18H,7-8,12H2,1-4H3/t18-/m0/s1. The third-order valence-electron chi connectivity index (χ3n) is 5.08. The second-order valence-electron chi connectivity index (χ2n) is 7.64. The highest BCUT2D eigenvalue weighted by molar-refractivity contribution is 7.90. The maximum absolute atomic E-state index is 14.0. The Kier molecular flexibility index (Phi) is 5.75. The molecule has 29 heavy (non-hydrogen) atoms. The summed E-state index contributed by atoms with van der Waals surface area (Å²) in [6.07, 6.45) is 1.01. The molecule has 1 fully saturated rings. The van der Waals surface area contributed by atoms with E-state index >= 15 is 0 Å². The molecule has 0 amide bonds.